The number of allylic oxidation sites excluding steroid dienone is 1. The van der Waals surface area contributed by atoms with Crippen LogP contribution in [0.3, 0.4) is 0 Å². The van der Waals surface area contributed by atoms with Crippen molar-refractivity contribution in [3.63, 3.8) is 0 Å². The first-order valence-corrected chi connectivity index (χ1v) is 21.4. The summed E-state index contributed by atoms with van der Waals surface area (Å²) in [6.45, 7) is 11.4. The Balaban J connectivity index is 1.53. The molecule has 0 radical (unpaired) electrons. The van der Waals surface area contributed by atoms with Crippen LogP contribution in [0.25, 0.3) is 0 Å². The molecular weight excluding hydrogens is 737 g/mol. The van der Waals surface area contributed by atoms with Gasteiger partial charge in [0.15, 0.2) is 0 Å². The summed E-state index contributed by atoms with van der Waals surface area (Å²) in [5, 5.41) is 27.0. The summed E-state index contributed by atoms with van der Waals surface area (Å²) in [7, 11) is -2.62. The third-order valence-electron chi connectivity index (χ3n) is 11.5. The monoisotopic (exact) mass is 794 g/mol. The number of oxime groups is 1. The first-order valence-electron chi connectivity index (χ1n) is 20.0. The second kappa shape index (κ2) is 18.6. The largest absolute Gasteiger partial charge is 0.492 e. The van der Waals surface area contributed by atoms with E-state index in [-0.39, 0.29) is 54.8 Å². The van der Waals surface area contributed by atoms with Gasteiger partial charge in [-0.1, -0.05) is 30.1 Å². The van der Waals surface area contributed by atoms with Crippen LogP contribution in [0, 0.1) is 17.8 Å². The van der Waals surface area contributed by atoms with E-state index in [1.165, 1.54) is 23.4 Å². The molecule has 1 amide bonds. The van der Waals surface area contributed by atoms with Crippen LogP contribution < -0.4 is 14.8 Å². The number of hydrogen-bond donors (Lipinski definition) is 3. The second-order valence-electron chi connectivity index (χ2n) is 15.1. The Morgan fingerprint density at radius 3 is 2.50 bits per heavy atom. The van der Waals surface area contributed by atoms with Crippen LogP contribution in [-0.2, 0) is 24.4 Å². The van der Waals surface area contributed by atoms with Crippen molar-refractivity contribution in [3.8, 4) is 11.5 Å². The Bertz CT molecular complexity index is 1850. The number of hydrogen-bond acceptors (Lipinski definition) is 11. The van der Waals surface area contributed by atoms with Crippen LogP contribution in [0.4, 0.5) is 5.69 Å². The zero-order valence-electron chi connectivity index (χ0n) is 32.9. The minimum atomic E-state index is -4.17. The first kappa shape index (κ1) is 41.8. The van der Waals surface area contributed by atoms with E-state index in [1.807, 2.05) is 19.1 Å². The van der Waals surface area contributed by atoms with Gasteiger partial charge in [-0.3, -0.25) is 9.69 Å². The minimum absolute atomic E-state index is 0.0455. The van der Waals surface area contributed by atoms with Crippen molar-refractivity contribution in [1.82, 2.24) is 9.21 Å². The maximum absolute atomic E-state index is 14.7. The number of likely N-dealkylation sites (N-methyl/N-ethyl adjacent to an activating group) is 1. The minimum Gasteiger partial charge on any atom is -0.492 e. The fourth-order valence-electron chi connectivity index (χ4n) is 8.77. The molecule has 1 saturated heterocycles. The number of aliphatic hydroxyl groups excluding tert-OH is 2. The molecule has 2 aromatic carbocycles. The molecule has 56 heavy (non-hydrogen) atoms. The molecule has 1 saturated carbocycles. The van der Waals surface area contributed by atoms with Crippen LogP contribution in [0.5, 0.6) is 11.5 Å². The van der Waals surface area contributed by atoms with Crippen LogP contribution in [-0.4, -0.2) is 111 Å². The van der Waals surface area contributed by atoms with E-state index in [4.69, 9.17) is 19.0 Å². The lowest BCUT2D eigenvalue weighted by Crippen LogP contribution is -2.69. The Hall–Kier alpha value is -3.79. The molecule has 6 atom stereocenters. The first-order chi connectivity index (χ1) is 27.1. The lowest BCUT2D eigenvalue weighted by atomic mass is 9.55. The van der Waals surface area contributed by atoms with E-state index in [1.54, 1.807) is 25.3 Å². The highest BCUT2D eigenvalue weighted by Gasteiger charge is 2.65. The number of anilines is 1. The number of nitrogens with one attached hydrogen (secondary N) is 1. The number of rotatable bonds is 21. The molecule has 13 nitrogen and oxygen atoms in total. The standard InChI is InChI=1S/C42H58N4O9S/c1-5-24-53-42-39(45(4)56(50,51)33-16-13-31(14-17-33)43-29(3)49)28-37(44-54-6-2)35-26-30(11-7-9-22-47)34(12-8-10-23-48)40(41(35)42)36-27-32(15-18-38(36)55-42)52-25-21-46-19-20-46/h5,13-18,26-27,30,34,39-41,47-48H,1,6-12,19-25,28H2,2-4H3,(H,43,49). The zero-order chi connectivity index (χ0) is 39.9. The number of benzene rings is 2. The van der Waals surface area contributed by atoms with Gasteiger partial charge in [0.05, 0.1) is 29.2 Å². The molecule has 2 aliphatic heterocycles. The Morgan fingerprint density at radius 1 is 1.11 bits per heavy atom. The number of carbonyl (C=O) groups excluding carboxylic acids is 1. The van der Waals surface area contributed by atoms with Crippen molar-refractivity contribution in [2.75, 3.05) is 65.0 Å². The van der Waals surface area contributed by atoms with E-state index in [2.05, 4.69) is 34.1 Å². The number of amides is 1. The molecule has 0 bridgehead atoms. The summed E-state index contributed by atoms with van der Waals surface area (Å²) >= 11 is 0. The van der Waals surface area contributed by atoms with Gasteiger partial charge in [0.2, 0.25) is 21.7 Å². The lowest BCUT2D eigenvalue weighted by Gasteiger charge is -2.59. The van der Waals surface area contributed by atoms with Gasteiger partial charge in [0, 0.05) is 70.4 Å². The number of unbranched alkanes of at least 4 members (excludes halogenated alkanes) is 2. The van der Waals surface area contributed by atoms with Crippen LogP contribution in [0.15, 0.2) is 76.8 Å². The molecule has 2 heterocycles. The average Bonchev–Trinajstić information content (AvgIpc) is 4.02. The maximum atomic E-state index is 14.7. The molecule has 2 fully saturated rings. The van der Waals surface area contributed by atoms with Crippen molar-refractivity contribution in [2.24, 2.45) is 22.9 Å². The fourth-order valence-corrected chi connectivity index (χ4v) is 10.1. The quantitative estimate of drug-likeness (QED) is 0.0655. The average molecular weight is 795 g/mol. The van der Waals surface area contributed by atoms with Gasteiger partial charge >= 0.3 is 0 Å². The summed E-state index contributed by atoms with van der Waals surface area (Å²) in [5.74, 6) is -1.07. The molecule has 2 aliphatic carbocycles. The number of aliphatic hydroxyl groups is 2. The van der Waals surface area contributed by atoms with Crippen molar-refractivity contribution in [1.29, 1.82) is 0 Å². The topological polar surface area (TPSA) is 159 Å². The van der Waals surface area contributed by atoms with Gasteiger partial charge in [-0.25, -0.2) is 8.42 Å². The van der Waals surface area contributed by atoms with Crippen molar-refractivity contribution >= 4 is 27.3 Å². The summed E-state index contributed by atoms with van der Waals surface area (Å²) in [4.78, 5) is 19.8. The number of sulfonamides is 1. The molecule has 6 unspecified atom stereocenters. The molecular formula is C42H58N4O9S. The smallest absolute Gasteiger partial charge is 0.243 e. The summed E-state index contributed by atoms with van der Waals surface area (Å²) in [6.07, 6.45) is 8.62. The molecule has 0 spiro atoms. The van der Waals surface area contributed by atoms with Crippen LogP contribution in [0.2, 0.25) is 0 Å². The predicted molar refractivity (Wildman–Crippen MR) is 214 cm³/mol. The van der Waals surface area contributed by atoms with E-state index in [0.29, 0.717) is 43.2 Å². The Morgan fingerprint density at radius 2 is 1.84 bits per heavy atom. The summed E-state index contributed by atoms with van der Waals surface area (Å²) in [5.41, 5.74) is 2.97. The van der Waals surface area contributed by atoms with Crippen molar-refractivity contribution < 1.29 is 42.5 Å². The fraction of sp³-hybridized carbons (Fsp3) is 0.571. The molecule has 4 aliphatic rings. The molecule has 6 rings (SSSR count). The van der Waals surface area contributed by atoms with E-state index in [0.717, 1.165) is 62.2 Å². The number of carbonyl (C=O) groups is 1. The predicted octanol–water partition coefficient (Wildman–Crippen LogP) is 5.31. The van der Waals surface area contributed by atoms with Gasteiger partial charge in [0.25, 0.3) is 0 Å². The van der Waals surface area contributed by atoms with Gasteiger partial charge in [-0.05, 0) is 92.5 Å². The molecule has 2 aromatic rings. The van der Waals surface area contributed by atoms with Gasteiger partial charge in [0.1, 0.15) is 24.7 Å². The van der Waals surface area contributed by atoms with E-state index in [9.17, 15) is 23.4 Å². The summed E-state index contributed by atoms with van der Waals surface area (Å²) < 4.78 is 51.0. The van der Waals surface area contributed by atoms with Crippen LogP contribution in [0.1, 0.15) is 70.3 Å². The third kappa shape index (κ3) is 9.00. The normalized spacial score (nSPS) is 26.1. The van der Waals surface area contributed by atoms with E-state index >= 15 is 0 Å². The number of nitrogens with zero attached hydrogens (tertiary/aromatic N) is 3. The maximum Gasteiger partial charge on any atom is 0.243 e. The highest BCUT2D eigenvalue weighted by molar-refractivity contribution is 7.89. The number of ether oxygens (including phenoxy) is 3. The van der Waals surface area contributed by atoms with Gasteiger partial charge in [-0.15, -0.1) is 6.58 Å². The summed E-state index contributed by atoms with van der Waals surface area (Å²) in [6, 6.07) is 11.1. The zero-order valence-corrected chi connectivity index (χ0v) is 33.7. The van der Waals surface area contributed by atoms with Gasteiger partial charge in [-0.2, -0.15) is 4.31 Å². The Labute approximate surface area is 331 Å². The molecule has 0 aromatic heterocycles. The molecule has 14 heteroatoms. The van der Waals surface area contributed by atoms with Crippen LogP contribution >= 0.6 is 0 Å². The third-order valence-corrected chi connectivity index (χ3v) is 13.3. The highest BCUT2D eigenvalue weighted by Crippen LogP contribution is 2.62. The van der Waals surface area contributed by atoms with Gasteiger partial charge < -0.3 is 34.6 Å². The molecule has 306 valence electrons. The Kier molecular flexibility index (Phi) is 13.9. The SMILES string of the molecule is C=CCOC12Oc3ccc(OCCN4CC4)cc3C3C(CCCCO)C(CCCCO)C=C(C(=NOCC)CC1N(C)S(=O)(=O)c1ccc(NC(C)=O)cc1)C32. The van der Waals surface area contributed by atoms with Crippen molar-refractivity contribution in [3.05, 3.63) is 72.3 Å². The number of fused-ring (bicyclic) bond motifs is 2. The van der Waals surface area contributed by atoms with E-state index < -0.39 is 27.8 Å². The second-order valence-corrected chi connectivity index (χ2v) is 17.1. The lowest BCUT2D eigenvalue weighted by molar-refractivity contribution is -0.250. The molecule has 3 N–H and O–H groups in total. The highest BCUT2D eigenvalue weighted by atomic mass is 32.2. The van der Waals surface area contributed by atoms with Crippen molar-refractivity contribution in [2.45, 2.75) is 81.4 Å².